The number of benzene rings is 1. The summed E-state index contributed by atoms with van der Waals surface area (Å²) in [7, 11) is 0. The number of rotatable bonds is 4. The average Bonchev–Trinajstić information content (AvgIpc) is 3.09. The molecule has 1 aromatic carbocycles. The molecule has 0 bridgehead atoms. The molecule has 0 unspecified atom stereocenters. The van der Waals surface area contributed by atoms with Crippen LogP contribution >= 0.6 is 0 Å². The van der Waals surface area contributed by atoms with Crippen LogP contribution in [0.15, 0.2) is 24.3 Å². The van der Waals surface area contributed by atoms with E-state index in [4.69, 9.17) is 11.5 Å². The molecule has 0 saturated carbocycles. The fraction of sp³-hybridized carbons (Fsp3) is 0.389. The summed E-state index contributed by atoms with van der Waals surface area (Å²) in [6.07, 6.45) is 2.56. The number of hydrogen-bond acceptors (Lipinski definition) is 7. The highest BCUT2D eigenvalue weighted by Crippen LogP contribution is 2.33. The summed E-state index contributed by atoms with van der Waals surface area (Å²) in [5.41, 5.74) is 14.5. The number of fused-ring (bicyclic) bond motifs is 1. The van der Waals surface area contributed by atoms with Crippen LogP contribution in [-0.2, 0) is 17.9 Å². The van der Waals surface area contributed by atoms with Crippen molar-refractivity contribution in [1.29, 1.82) is 0 Å². The number of aromatic nitrogens is 2. The largest absolute Gasteiger partial charge is 0.382 e. The van der Waals surface area contributed by atoms with Gasteiger partial charge < -0.3 is 21.7 Å². The molecule has 1 saturated heterocycles. The van der Waals surface area contributed by atoms with Crippen LogP contribution in [0.5, 0.6) is 0 Å². The Balaban J connectivity index is 1.57. The van der Waals surface area contributed by atoms with Crippen molar-refractivity contribution in [2.75, 3.05) is 41.3 Å². The smallest absolute Gasteiger partial charge is 0.244 e. The first-order valence-electron chi connectivity index (χ1n) is 8.86. The van der Waals surface area contributed by atoms with Crippen molar-refractivity contribution < 1.29 is 4.79 Å². The second-order valence-corrected chi connectivity index (χ2v) is 6.87. The predicted molar refractivity (Wildman–Crippen MR) is 101 cm³/mol. The number of nitrogens with two attached hydrogens (primary N) is 2. The van der Waals surface area contributed by atoms with E-state index in [1.54, 1.807) is 0 Å². The van der Waals surface area contributed by atoms with Crippen LogP contribution in [0, 0.1) is 0 Å². The monoisotopic (exact) mass is 353 g/mol. The number of nitrogens with one attached hydrogen (secondary N) is 1. The van der Waals surface area contributed by atoms with E-state index >= 15 is 0 Å². The van der Waals surface area contributed by atoms with Gasteiger partial charge in [0.05, 0.1) is 6.54 Å². The normalized spacial score (nSPS) is 17.2. The van der Waals surface area contributed by atoms with Crippen LogP contribution < -0.4 is 21.7 Å². The summed E-state index contributed by atoms with van der Waals surface area (Å²) in [5, 5.41) is 2.74. The van der Waals surface area contributed by atoms with Crippen molar-refractivity contribution in [3.05, 3.63) is 35.4 Å². The van der Waals surface area contributed by atoms with Crippen molar-refractivity contribution in [3.63, 3.8) is 0 Å². The number of carbonyl (C=O) groups excluding carboxylic acids is 1. The van der Waals surface area contributed by atoms with Crippen LogP contribution in [0.25, 0.3) is 0 Å². The molecule has 0 spiro atoms. The van der Waals surface area contributed by atoms with Gasteiger partial charge >= 0.3 is 0 Å². The van der Waals surface area contributed by atoms with E-state index in [1.807, 2.05) is 4.90 Å². The quantitative estimate of drug-likeness (QED) is 0.757. The van der Waals surface area contributed by atoms with Crippen molar-refractivity contribution in [1.82, 2.24) is 14.9 Å². The first-order valence-corrected chi connectivity index (χ1v) is 8.86. The lowest BCUT2D eigenvalue weighted by Crippen LogP contribution is -2.39. The molecule has 5 N–H and O–H groups in total. The second kappa shape index (κ2) is 6.80. The molecule has 136 valence electrons. The lowest BCUT2D eigenvalue weighted by atomic mass is 10.1. The van der Waals surface area contributed by atoms with Gasteiger partial charge in [0.1, 0.15) is 5.69 Å². The third kappa shape index (κ3) is 3.41. The summed E-state index contributed by atoms with van der Waals surface area (Å²) in [6, 6.07) is 8.47. The van der Waals surface area contributed by atoms with E-state index in [2.05, 4.69) is 44.5 Å². The summed E-state index contributed by atoms with van der Waals surface area (Å²) >= 11 is 0. The van der Waals surface area contributed by atoms with Gasteiger partial charge in [0.2, 0.25) is 11.9 Å². The molecule has 0 radical (unpaired) electrons. The molecule has 0 atom stereocenters. The molecule has 3 heterocycles. The molecule has 0 aliphatic carbocycles. The Labute approximate surface area is 152 Å². The zero-order valence-electron chi connectivity index (χ0n) is 14.6. The van der Waals surface area contributed by atoms with Gasteiger partial charge in [-0.05, 0) is 37.1 Å². The molecule has 2 aliphatic heterocycles. The molecule has 26 heavy (non-hydrogen) atoms. The van der Waals surface area contributed by atoms with Crippen LogP contribution in [0.1, 0.15) is 24.0 Å². The van der Waals surface area contributed by atoms with Gasteiger partial charge in [-0.3, -0.25) is 9.69 Å². The highest BCUT2D eigenvalue weighted by molar-refractivity contribution is 6.03. The lowest BCUT2D eigenvalue weighted by molar-refractivity contribution is -0.115. The van der Waals surface area contributed by atoms with E-state index < -0.39 is 0 Å². The molecule has 1 aromatic heterocycles. The highest BCUT2D eigenvalue weighted by atomic mass is 16.2. The zero-order chi connectivity index (χ0) is 18.1. The first-order chi connectivity index (χ1) is 12.6. The number of likely N-dealkylation sites (tertiary alicyclic amines) is 1. The molecule has 8 heteroatoms. The maximum atomic E-state index is 12.1. The first kappa shape index (κ1) is 16.6. The number of anilines is 4. The predicted octanol–water partition coefficient (Wildman–Crippen LogP) is 1.20. The number of nitrogens with zero attached hydrogens (tertiary/aromatic N) is 4. The van der Waals surface area contributed by atoms with Gasteiger partial charge in [-0.1, -0.05) is 24.3 Å². The zero-order valence-corrected chi connectivity index (χ0v) is 14.6. The maximum Gasteiger partial charge on any atom is 0.244 e. The molecule has 2 aromatic rings. The van der Waals surface area contributed by atoms with Gasteiger partial charge in [0.15, 0.2) is 11.6 Å². The topological polar surface area (TPSA) is 113 Å². The molecule has 8 nitrogen and oxygen atoms in total. The van der Waals surface area contributed by atoms with E-state index in [1.165, 1.54) is 31.5 Å². The van der Waals surface area contributed by atoms with Gasteiger partial charge in [0, 0.05) is 13.1 Å². The minimum absolute atomic E-state index is 0.102. The van der Waals surface area contributed by atoms with E-state index in [9.17, 15) is 4.79 Å². The number of amides is 1. The van der Waals surface area contributed by atoms with Crippen molar-refractivity contribution in [2.45, 2.75) is 25.9 Å². The van der Waals surface area contributed by atoms with Crippen molar-refractivity contribution in [2.24, 2.45) is 0 Å². The van der Waals surface area contributed by atoms with Gasteiger partial charge in [0.25, 0.3) is 0 Å². The Hall–Kier alpha value is -2.87. The summed E-state index contributed by atoms with van der Waals surface area (Å²) < 4.78 is 0. The van der Waals surface area contributed by atoms with E-state index in [0.29, 0.717) is 18.1 Å². The molecule has 2 aliphatic rings. The third-order valence-corrected chi connectivity index (χ3v) is 4.80. The van der Waals surface area contributed by atoms with Gasteiger partial charge in [-0.15, -0.1) is 0 Å². The molecule has 1 fully saturated rings. The maximum absolute atomic E-state index is 12.1. The summed E-state index contributed by atoms with van der Waals surface area (Å²) in [5.74, 6) is 0.726. The van der Waals surface area contributed by atoms with Crippen LogP contribution in [0.4, 0.5) is 23.3 Å². The van der Waals surface area contributed by atoms with E-state index in [0.717, 1.165) is 12.1 Å². The van der Waals surface area contributed by atoms with Crippen LogP contribution in [0.3, 0.4) is 0 Å². The SMILES string of the molecule is Nc1nc(N)c2c(n1)N(Cc1cccc(CN3CCCC3)c1)CC(=O)N2. The van der Waals surface area contributed by atoms with Gasteiger partial charge in [-0.2, -0.15) is 9.97 Å². The fourth-order valence-corrected chi connectivity index (χ4v) is 3.64. The van der Waals surface area contributed by atoms with Crippen molar-refractivity contribution >= 4 is 29.2 Å². The Morgan fingerprint density at radius 2 is 1.81 bits per heavy atom. The Kier molecular flexibility index (Phi) is 4.34. The van der Waals surface area contributed by atoms with Crippen LogP contribution in [-0.4, -0.2) is 40.4 Å². The minimum Gasteiger partial charge on any atom is -0.382 e. The number of nitrogen functional groups attached to an aromatic ring is 2. The minimum atomic E-state index is -0.134. The number of carbonyl (C=O) groups is 1. The van der Waals surface area contributed by atoms with E-state index in [-0.39, 0.29) is 24.2 Å². The molecule has 4 rings (SSSR count). The Morgan fingerprint density at radius 3 is 2.58 bits per heavy atom. The fourth-order valence-electron chi connectivity index (χ4n) is 3.64. The standard InChI is InChI=1S/C18H23N7O/c19-16-15-17(23-18(20)22-16)25(11-14(26)21-15)10-13-5-3-4-12(8-13)9-24-6-1-2-7-24/h3-5,8H,1-2,6-7,9-11H2,(H,21,26)(H4,19,20,22,23). The molecule has 1 amide bonds. The molecular weight excluding hydrogens is 330 g/mol. The lowest BCUT2D eigenvalue weighted by Gasteiger charge is -2.30. The third-order valence-electron chi connectivity index (χ3n) is 4.80. The highest BCUT2D eigenvalue weighted by Gasteiger charge is 2.26. The number of hydrogen-bond donors (Lipinski definition) is 3. The summed E-state index contributed by atoms with van der Waals surface area (Å²) in [4.78, 5) is 24.6. The Bertz CT molecular complexity index is 832. The Morgan fingerprint density at radius 1 is 1.08 bits per heavy atom. The van der Waals surface area contributed by atoms with Gasteiger partial charge in [-0.25, -0.2) is 0 Å². The van der Waals surface area contributed by atoms with Crippen LogP contribution in [0.2, 0.25) is 0 Å². The van der Waals surface area contributed by atoms with Crippen molar-refractivity contribution in [3.8, 4) is 0 Å². The summed E-state index contributed by atoms with van der Waals surface area (Å²) in [6.45, 7) is 4.06. The molecular formula is C18H23N7O. The average molecular weight is 353 g/mol. The second-order valence-electron chi connectivity index (χ2n) is 6.87.